The maximum Gasteiger partial charge on any atom is 0.306 e. The number of ether oxygens (including phenoxy) is 3. The minimum Gasteiger partial charge on any atom is -0.454 e. The van der Waals surface area contributed by atoms with Crippen LogP contribution in [0.2, 0.25) is 0 Å². The van der Waals surface area contributed by atoms with Crippen molar-refractivity contribution >= 4 is 11.9 Å². The monoisotopic (exact) mass is 954 g/mol. The molecule has 0 aromatic carbocycles. The van der Waals surface area contributed by atoms with Crippen molar-refractivity contribution < 1.29 is 49.3 Å². The van der Waals surface area contributed by atoms with Gasteiger partial charge in [0.05, 0.1) is 25.4 Å². The average Bonchev–Trinajstić information content (AvgIpc) is 3.33. The summed E-state index contributed by atoms with van der Waals surface area (Å²) in [4.78, 5) is 26.4. The van der Waals surface area contributed by atoms with E-state index in [1.54, 1.807) is 6.08 Å². The molecule has 68 heavy (non-hydrogen) atoms. The topological polar surface area (TPSA) is 175 Å². The van der Waals surface area contributed by atoms with Crippen LogP contribution in [-0.4, -0.2) is 99.6 Å². The second kappa shape index (κ2) is 44.8. The van der Waals surface area contributed by atoms with Gasteiger partial charge in [0, 0.05) is 6.42 Å². The number of esters is 1. The first-order valence-corrected chi connectivity index (χ1v) is 26.6. The van der Waals surface area contributed by atoms with E-state index < -0.39 is 67.4 Å². The first-order chi connectivity index (χ1) is 33.2. The Morgan fingerprint density at radius 1 is 0.588 bits per heavy atom. The molecule has 8 unspecified atom stereocenters. The molecule has 0 saturated carbocycles. The van der Waals surface area contributed by atoms with Crippen molar-refractivity contribution in [3.05, 3.63) is 97.2 Å². The summed E-state index contributed by atoms with van der Waals surface area (Å²) in [5, 5.41) is 56.6. The molecule has 0 radical (unpaired) electrons. The molecule has 0 bridgehead atoms. The number of aliphatic hydroxyl groups excluding tert-OH is 5. The number of carbonyl (C=O) groups excluding carboxylic acids is 2. The molecule has 0 spiro atoms. The first kappa shape index (κ1) is 62.6. The highest BCUT2D eigenvalue weighted by molar-refractivity contribution is 5.80. The smallest absolute Gasteiger partial charge is 0.306 e. The summed E-state index contributed by atoms with van der Waals surface area (Å²) in [6.07, 6.45) is 47.4. The standard InChI is InChI=1S/C57H95NO10/c1-4-7-10-13-16-19-22-25-27-29-32-35-38-41-44-50(61)56(65)58-48(49(60)43-40-37-34-31-28-24-21-18-15-12-9-6-3)47-66-57-55(54(64)53(63)51(46-59)67-57)68-52(62)45-42-39-36-33-30-26-23-20-17-14-11-8-5-2/h7-8,10-11,13-14,16-17,19-20,22-23,25,27,40,43,48-51,53-55,57,59-61,63-64H,4-6,9,12,15,18,21,24,26,28-39,41-42,44-47H2,1-3H3,(H,58,65)/b10-7+,11-8+,16-13+,17-14+,22-19+,23-20-,27-25-,43-40+. The van der Waals surface area contributed by atoms with E-state index in [-0.39, 0.29) is 19.4 Å². The highest BCUT2D eigenvalue weighted by atomic mass is 16.7. The molecular formula is C57H95NO10. The summed E-state index contributed by atoms with van der Waals surface area (Å²) in [5.41, 5.74) is 0. The summed E-state index contributed by atoms with van der Waals surface area (Å²) < 4.78 is 17.5. The molecule has 1 fully saturated rings. The Balaban J connectivity index is 2.81. The van der Waals surface area contributed by atoms with Gasteiger partial charge in [-0.3, -0.25) is 9.59 Å². The predicted molar refractivity (Wildman–Crippen MR) is 278 cm³/mol. The maximum absolute atomic E-state index is 13.3. The van der Waals surface area contributed by atoms with E-state index in [0.29, 0.717) is 12.8 Å². The number of hydrogen-bond acceptors (Lipinski definition) is 10. The van der Waals surface area contributed by atoms with Gasteiger partial charge in [-0.25, -0.2) is 0 Å². The van der Waals surface area contributed by atoms with Crippen molar-refractivity contribution in [2.45, 2.75) is 237 Å². The zero-order chi connectivity index (χ0) is 49.7. The van der Waals surface area contributed by atoms with Gasteiger partial charge in [0.2, 0.25) is 5.91 Å². The van der Waals surface area contributed by atoms with Gasteiger partial charge in [-0.05, 0) is 64.2 Å². The average molecular weight is 954 g/mol. The summed E-state index contributed by atoms with van der Waals surface area (Å²) in [6, 6.07) is -1.04. The van der Waals surface area contributed by atoms with Crippen LogP contribution in [0.1, 0.15) is 188 Å². The molecule has 1 saturated heterocycles. The molecule has 388 valence electrons. The van der Waals surface area contributed by atoms with Gasteiger partial charge in [-0.1, -0.05) is 214 Å². The number of allylic oxidation sites excluding steroid dienone is 15. The van der Waals surface area contributed by atoms with Gasteiger partial charge in [-0.2, -0.15) is 0 Å². The van der Waals surface area contributed by atoms with Crippen LogP contribution in [0.3, 0.4) is 0 Å². The molecule has 1 rings (SSSR count). The van der Waals surface area contributed by atoms with Crippen LogP contribution in [0, 0.1) is 0 Å². The van der Waals surface area contributed by atoms with E-state index in [9.17, 15) is 35.1 Å². The summed E-state index contributed by atoms with van der Waals surface area (Å²) in [6.45, 7) is 5.44. The van der Waals surface area contributed by atoms with Crippen LogP contribution < -0.4 is 5.32 Å². The quantitative estimate of drug-likeness (QED) is 0.0150. The number of amides is 1. The van der Waals surface area contributed by atoms with Crippen molar-refractivity contribution in [1.29, 1.82) is 0 Å². The van der Waals surface area contributed by atoms with E-state index in [0.717, 1.165) is 96.3 Å². The molecular weight excluding hydrogens is 859 g/mol. The van der Waals surface area contributed by atoms with Crippen LogP contribution >= 0.6 is 0 Å². The van der Waals surface area contributed by atoms with E-state index >= 15 is 0 Å². The number of rotatable bonds is 42. The molecule has 0 aromatic heterocycles. The first-order valence-electron chi connectivity index (χ1n) is 26.6. The van der Waals surface area contributed by atoms with Crippen molar-refractivity contribution in [2.24, 2.45) is 0 Å². The van der Waals surface area contributed by atoms with E-state index in [4.69, 9.17) is 14.2 Å². The lowest BCUT2D eigenvalue weighted by Gasteiger charge is -2.41. The van der Waals surface area contributed by atoms with Gasteiger partial charge in [0.1, 0.15) is 24.4 Å². The molecule has 0 aliphatic carbocycles. The van der Waals surface area contributed by atoms with Crippen LogP contribution in [0.25, 0.3) is 0 Å². The lowest BCUT2D eigenvalue weighted by molar-refractivity contribution is -0.305. The van der Waals surface area contributed by atoms with Crippen LogP contribution in [0.15, 0.2) is 97.2 Å². The van der Waals surface area contributed by atoms with Gasteiger partial charge in [0.25, 0.3) is 0 Å². The van der Waals surface area contributed by atoms with Gasteiger partial charge in [-0.15, -0.1) is 0 Å². The lowest BCUT2D eigenvalue weighted by Crippen LogP contribution is -2.61. The zero-order valence-corrected chi connectivity index (χ0v) is 42.4. The Hall–Kier alpha value is -3.42. The minimum absolute atomic E-state index is 0.0921. The normalized spacial score (nSPS) is 20.7. The summed E-state index contributed by atoms with van der Waals surface area (Å²) in [5.74, 6) is -1.25. The fourth-order valence-corrected chi connectivity index (χ4v) is 7.66. The summed E-state index contributed by atoms with van der Waals surface area (Å²) >= 11 is 0. The van der Waals surface area contributed by atoms with Crippen molar-refractivity contribution in [3.8, 4) is 0 Å². The van der Waals surface area contributed by atoms with E-state index in [2.05, 4.69) is 50.4 Å². The van der Waals surface area contributed by atoms with Crippen LogP contribution in [-0.2, 0) is 23.8 Å². The van der Waals surface area contributed by atoms with Gasteiger partial charge in [0.15, 0.2) is 12.4 Å². The number of carbonyl (C=O) groups is 2. The molecule has 11 nitrogen and oxygen atoms in total. The largest absolute Gasteiger partial charge is 0.454 e. The third-order valence-corrected chi connectivity index (χ3v) is 11.9. The second-order valence-corrected chi connectivity index (χ2v) is 18.0. The third-order valence-electron chi connectivity index (χ3n) is 11.9. The molecule has 1 heterocycles. The van der Waals surface area contributed by atoms with E-state index in [1.165, 1.54) is 44.9 Å². The van der Waals surface area contributed by atoms with Crippen molar-refractivity contribution in [2.75, 3.05) is 13.2 Å². The van der Waals surface area contributed by atoms with Gasteiger partial charge >= 0.3 is 5.97 Å². The van der Waals surface area contributed by atoms with Crippen molar-refractivity contribution in [1.82, 2.24) is 5.32 Å². The lowest BCUT2D eigenvalue weighted by atomic mass is 9.99. The zero-order valence-electron chi connectivity index (χ0n) is 42.4. The molecule has 0 aromatic rings. The Kier molecular flexibility index (Phi) is 41.2. The Morgan fingerprint density at radius 2 is 1.06 bits per heavy atom. The fraction of sp³-hybridized carbons (Fsp3) is 0.684. The number of unbranched alkanes of at least 4 members (excludes halogenated alkanes) is 19. The molecule has 6 N–H and O–H groups in total. The third kappa shape index (κ3) is 33.2. The number of nitrogens with one attached hydrogen (secondary N) is 1. The fourth-order valence-electron chi connectivity index (χ4n) is 7.66. The molecule has 1 amide bonds. The van der Waals surface area contributed by atoms with Crippen molar-refractivity contribution in [3.63, 3.8) is 0 Å². The molecule has 11 heteroatoms. The Bertz CT molecular complexity index is 1470. The highest BCUT2D eigenvalue weighted by Crippen LogP contribution is 2.26. The minimum atomic E-state index is -1.63. The van der Waals surface area contributed by atoms with E-state index in [1.807, 2.05) is 66.8 Å². The molecule has 1 aliphatic heterocycles. The van der Waals surface area contributed by atoms with Crippen LogP contribution in [0.5, 0.6) is 0 Å². The summed E-state index contributed by atoms with van der Waals surface area (Å²) in [7, 11) is 0. The SMILES string of the molecule is CC/C=C/C=C/C=C\CCCCCCCC(=O)OC1C(OCC(NC(=O)C(O)CCCCCC\C=C/C=C/C=C/C=C/CC)C(O)/C=C/CCCCCCCCCCCC)OC(CO)C(O)C1O. The highest BCUT2D eigenvalue weighted by Gasteiger charge is 2.47. The maximum atomic E-state index is 13.3. The predicted octanol–water partition coefficient (Wildman–Crippen LogP) is 11.2. The number of hydrogen-bond donors (Lipinski definition) is 6. The van der Waals surface area contributed by atoms with Gasteiger partial charge < -0.3 is 45.1 Å². The van der Waals surface area contributed by atoms with Crippen LogP contribution in [0.4, 0.5) is 0 Å². The second-order valence-electron chi connectivity index (χ2n) is 18.0. The number of aliphatic hydroxyl groups is 5. The molecule has 1 aliphatic rings. The molecule has 8 atom stereocenters. The Morgan fingerprint density at radius 3 is 1.59 bits per heavy atom. The Labute approximate surface area is 412 Å².